The van der Waals surface area contributed by atoms with E-state index in [4.69, 9.17) is 4.74 Å². The Balaban J connectivity index is 2.85. The van der Waals surface area contributed by atoms with Crippen LogP contribution < -0.4 is 9.78 Å². The Morgan fingerprint density at radius 1 is 1.30 bits per heavy atom. The number of ether oxygens (including phenoxy) is 1. The summed E-state index contributed by atoms with van der Waals surface area (Å²) in [7, 11) is 0. The van der Waals surface area contributed by atoms with Gasteiger partial charge in [-0.15, -0.1) is 0 Å². The predicted molar refractivity (Wildman–Crippen MR) is 94.3 cm³/mol. The maximum absolute atomic E-state index is 12.1. The van der Waals surface area contributed by atoms with Crippen molar-refractivity contribution in [3.63, 3.8) is 0 Å². The molecular weight excluding hydrogens is 357 g/mol. The van der Waals surface area contributed by atoms with Gasteiger partial charge in [-0.25, -0.2) is 0 Å². The fourth-order valence-corrected chi connectivity index (χ4v) is 4.54. The molecule has 0 aromatic heterocycles. The van der Waals surface area contributed by atoms with E-state index in [9.17, 15) is 9.59 Å². The summed E-state index contributed by atoms with van der Waals surface area (Å²) in [5, 5.41) is 2.92. The molecule has 0 aliphatic carbocycles. The first-order valence-corrected chi connectivity index (χ1v) is 9.78. The maximum atomic E-state index is 12.1. The molecule has 1 amide bonds. The second kappa shape index (κ2) is 9.09. The molecule has 0 fully saturated rings. The van der Waals surface area contributed by atoms with Crippen LogP contribution >= 0.6 is 0 Å². The summed E-state index contributed by atoms with van der Waals surface area (Å²) in [5.74, 6) is 0.198. The molecule has 0 saturated heterocycles. The van der Waals surface area contributed by atoms with E-state index >= 15 is 0 Å². The average Bonchev–Trinajstić information content (AvgIpc) is 2.49. The average molecular weight is 384 g/mol. The number of benzene rings is 1. The van der Waals surface area contributed by atoms with Gasteiger partial charge in [0.25, 0.3) is 0 Å². The molecule has 0 heterocycles. The van der Waals surface area contributed by atoms with Crippen molar-refractivity contribution < 1.29 is 14.3 Å². The molecule has 0 spiro atoms. The van der Waals surface area contributed by atoms with E-state index in [0.29, 0.717) is 0 Å². The number of hydrogen-bond acceptors (Lipinski definition) is 3. The Morgan fingerprint density at radius 2 is 1.91 bits per heavy atom. The molecule has 0 unspecified atom stereocenters. The van der Waals surface area contributed by atoms with E-state index in [1.165, 1.54) is 0 Å². The van der Waals surface area contributed by atoms with Gasteiger partial charge in [0.05, 0.1) is 0 Å². The number of hydrogen-bond donors (Lipinski definition) is 1. The Hall–Kier alpha value is -1.32. The molecule has 1 rings (SSSR count). The molecule has 0 aliphatic rings. The zero-order chi connectivity index (χ0) is 17.5. The second-order valence-corrected chi connectivity index (χ2v) is 9.21. The first-order valence-electron chi connectivity index (χ1n) is 7.93. The molecule has 0 saturated carbocycles. The van der Waals surface area contributed by atoms with Crippen molar-refractivity contribution in [1.29, 1.82) is 0 Å². The second-order valence-electron chi connectivity index (χ2n) is 6.59. The zero-order valence-corrected chi connectivity index (χ0v) is 16.2. The van der Waals surface area contributed by atoms with Gasteiger partial charge in [0.2, 0.25) is 0 Å². The Kier molecular flexibility index (Phi) is 7.80. The van der Waals surface area contributed by atoms with Crippen molar-refractivity contribution in [2.75, 3.05) is 0 Å². The molecule has 1 N–H and O–H groups in total. The Bertz CT molecular complexity index is 499. The normalized spacial score (nSPS) is 15.3. The predicted octanol–water partition coefficient (Wildman–Crippen LogP) is 2.94. The summed E-state index contributed by atoms with van der Waals surface area (Å²) >= 11 is -0.0356. The molecule has 1 aromatic rings. The van der Waals surface area contributed by atoms with Gasteiger partial charge in [-0.1, -0.05) is 0 Å². The third kappa shape index (κ3) is 7.19. The van der Waals surface area contributed by atoms with Gasteiger partial charge < -0.3 is 0 Å². The van der Waals surface area contributed by atoms with Crippen LogP contribution in [0.25, 0.3) is 0 Å². The van der Waals surface area contributed by atoms with E-state index in [-0.39, 0.29) is 31.7 Å². The molecule has 5 heteroatoms. The molecule has 3 atom stereocenters. The number of carbonyl (C=O) groups is 2. The summed E-state index contributed by atoms with van der Waals surface area (Å²) in [6, 6.07) is 9.74. The minimum absolute atomic E-state index is 0.0356. The molecule has 128 valence electrons. The van der Waals surface area contributed by atoms with Crippen molar-refractivity contribution in [2.45, 2.75) is 57.5 Å². The third-order valence-electron chi connectivity index (χ3n) is 3.44. The molecule has 0 radical (unpaired) electrons. The number of nitrogens with one attached hydrogen (secondary N) is 1. The standard InChI is InChI=1S/C18H27NO3Se/c1-6-13(2)16(19-17(21)22-18(3,4)5)15(12-20)23-14-10-8-7-9-11-14/h7-13,15-16H,6H2,1-5H3,(H,19,21)/t13-,15+,16-/m0/s1. The molecule has 1 aromatic carbocycles. The van der Waals surface area contributed by atoms with Crippen molar-refractivity contribution in [1.82, 2.24) is 5.32 Å². The van der Waals surface area contributed by atoms with Crippen LogP contribution in [0.3, 0.4) is 0 Å². The summed E-state index contributed by atoms with van der Waals surface area (Å²) in [4.78, 5) is 23.6. The monoisotopic (exact) mass is 385 g/mol. The topological polar surface area (TPSA) is 55.4 Å². The fourth-order valence-electron chi connectivity index (χ4n) is 2.09. The number of carbonyl (C=O) groups excluding carboxylic acids is 2. The van der Waals surface area contributed by atoms with Crippen LogP contribution in [0.2, 0.25) is 4.82 Å². The van der Waals surface area contributed by atoms with E-state index in [1.807, 2.05) is 51.1 Å². The van der Waals surface area contributed by atoms with Crippen LogP contribution in [0, 0.1) is 5.92 Å². The summed E-state index contributed by atoms with van der Waals surface area (Å²) in [6.45, 7) is 9.60. The van der Waals surface area contributed by atoms with Crippen LogP contribution in [-0.4, -0.2) is 39.0 Å². The number of aldehydes is 1. The first kappa shape index (κ1) is 19.7. The van der Waals surface area contributed by atoms with Gasteiger partial charge in [-0.3, -0.25) is 0 Å². The molecule has 0 bridgehead atoms. The molecule has 4 nitrogen and oxygen atoms in total. The van der Waals surface area contributed by atoms with E-state index in [2.05, 4.69) is 19.2 Å². The van der Waals surface area contributed by atoms with Crippen molar-refractivity contribution in [2.24, 2.45) is 5.92 Å². The zero-order valence-electron chi connectivity index (χ0n) is 14.5. The van der Waals surface area contributed by atoms with Crippen molar-refractivity contribution in [3.05, 3.63) is 30.3 Å². The summed E-state index contributed by atoms with van der Waals surface area (Å²) in [5.41, 5.74) is -0.550. The summed E-state index contributed by atoms with van der Waals surface area (Å²) in [6.07, 6.45) is 1.40. The van der Waals surface area contributed by atoms with Crippen LogP contribution in [0.4, 0.5) is 4.79 Å². The van der Waals surface area contributed by atoms with Gasteiger partial charge in [0.1, 0.15) is 0 Å². The summed E-state index contributed by atoms with van der Waals surface area (Å²) < 4.78 is 6.50. The Labute approximate surface area is 145 Å². The molecule has 23 heavy (non-hydrogen) atoms. The van der Waals surface area contributed by atoms with Gasteiger partial charge in [0.15, 0.2) is 0 Å². The van der Waals surface area contributed by atoms with Crippen LogP contribution in [0.1, 0.15) is 41.0 Å². The number of rotatable bonds is 7. The van der Waals surface area contributed by atoms with Crippen molar-refractivity contribution >= 4 is 31.8 Å². The van der Waals surface area contributed by atoms with Crippen LogP contribution in [0.5, 0.6) is 0 Å². The molecule has 0 aliphatic heterocycles. The van der Waals surface area contributed by atoms with Crippen LogP contribution in [-0.2, 0) is 9.53 Å². The van der Waals surface area contributed by atoms with Gasteiger partial charge in [-0.05, 0) is 0 Å². The SMILES string of the molecule is CC[C@H](C)[C@H](NC(=O)OC(C)(C)C)[C@@H](C=O)[Se]c1ccccc1. The minimum atomic E-state index is -0.550. The fraction of sp³-hybridized carbons (Fsp3) is 0.556. The van der Waals surface area contributed by atoms with Gasteiger partial charge in [0, 0.05) is 0 Å². The first-order chi connectivity index (χ1) is 10.8. The quantitative estimate of drug-likeness (QED) is 0.581. The Morgan fingerprint density at radius 3 is 2.39 bits per heavy atom. The number of alkyl carbamates (subject to hydrolysis) is 1. The van der Waals surface area contributed by atoms with Gasteiger partial charge in [-0.2, -0.15) is 0 Å². The van der Waals surface area contributed by atoms with Crippen molar-refractivity contribution in [3.8, 4) is 0 Å². The van der Waals surface area contributed by atoms with Gasteiger partial charge >= 0.3 is 145 Å². The van der Waals surface area contributed by atoms with Crippen LogP contribution in [0.15, 0.2) is 30.3 Å². The molecular formula is C18H27NO3Se. The van der Waals surface area contributed by atoms with E-state index in [0.717, 1.165) is 17.2 Å². The third-order valence-corrected chi connectivity index (χ3v) is 6.01. The number of amides is 1. The van der Waals surface area contributed by atoms with E-state index in [1.54, 1.807) is 0 Å². The van der Waals surface area contributed by atoms with E-state index < -0.39 is 11.7 Å².